The summed E-state index contributed by atoms with van der Waals surface area (Å²) in [6.45, 7) is 4.56. The highest BCUT2D eigenvalue weighted by molar-refractivity contribution is 5.85. The van der Waals surface area contributed by atoms with Crippen molar-refractivity contribution in [3.8, 4) is 0 Å². The van der Waals surface area contributed by atoms with Crippen molar-refractivity contribution in [3.05, 3.63) is 34.2 Å². The number of piperidine rings is 2. The average molecular weight is 358 g/mol. The number of carbonyl (C=O) groups excluding carboxylic acids is 1. The first-order valence-corrected chi connectivity index (χ1v) is 9.54. The van der Waals surface area contributed by atoms with E-state index in [2.05, 4.69) is 22.8 Å². The molecule has 2 atom stereocenters. The van der Waals surface area contributed by atoms with E-state index in [0.717, 1.165) is 37.0 Å². The predicted molar refractivity (Wildman–Crippen MR) is 99.1 cm³/mol. The van der Waals surface area contributed by atoms with Gasteiger partial charge in [-0.25, -0.2) is 4.79 Å². The van der Waals surface area contributed by atoms with E-state index < -0.39 is 12.3 Å². The van der Waals surface area contributed by atoms with Gasteiger partial charge >= 0.3 is 5.69 Å². The summed E-state index contributed by atoms with van der Waals surface area (Å²) in [6, 6.07) is 5.65. The molecular formula is C19H26N4O3. The minimum absolute atomic E-state index is 0.151. The number of aliphatic hydroxyl groups excluding tert-OH is 1. The third kappa shape index (κ3) is 2.85. The molecule has 0 saturated carbocycles. The van der Waals surface area contributed by atoms with E-state index in [1.807, 2.05) is 13.0 Å². The van der Waals surface area contributed by atoms with Crippen LogP contribution in [0, 0.1) is 0 Å². The minimum Gasteiger partial charge on any atom is -0.374 e. The molecule has 2 aliphatic heterocycles. The zero-order valence-electron chi connectivity index (χ0n) is 15.1. The number of fused-ring (bicyclic) bond motifs is 1. The number of nitrogens with one attached hydrogen (secondary N) is 2. The van der Waals surface area contributed by atoms with Gasteiger partial charge in [-0.2, -0.15) is 0 Å². The fourth-order valence-electron chi connectivity index (χ4n) is 4.34. The zero-order valence-corrected chi connectivity index (χ0v) is 15.1. The number of aryl methyl sites for hydroxylation is 1. The van der Waals surface area contributed by atoms with E-state index in [1.54, 1.807) is 9.13 Å². The molecule has 7 heteroatoms. The van der Waals surface area contributed by atoms with Crippen molar-refractivity contribution in [2.75, 3.05) is 13.1 Å². The first kappa shape index (κ1) is 17.3. The number of hydrogen-bond donors (Lipinski definition) is 3. The van der Waals surface area contributed by atoms with Gasteiger partial charge in [-0.3, -0.25) is 13.9 Å². The minimum atomic E-state index is -0.819. The van der Waals surface area contributed by atoms with Crippen LogP contribution in [0.25, 0.3) is 11.0 Å². The van der Waals surface area contributed by atoms with Crippen LogP contribution in [0.4, 0.5) is 0 Å². The van der Waals surface area contributed by atoms with Gasteiger partial charge in [0.05, 0.1) is 11.0 Å². The van der Waals surface area contributed by atoms with Crippen molar-refractivity contribution in [2.24, 2.45) is 0 Å². The fourth-order valence-corrected chi connectivity index (χ4v) is 4.34. The van der Waals surface area contributed by atoms with E-state index in [4.69, 9.17) is 0 Å². The second-order valence-corrected chi connectivity index (χ2v) is 7.29. The molecule has 7 nitrogen and oxygen atoms in total. The van der Waals surface area contributed by atoms with Gasteiger partial charge < -0.3 is 15.7 Å². The second kappa shape index (κ2) is 6.89. The Bertz CT molecular complexity index is 879. The zero-order chi connectivity index (χ0) is 18.3. The number of rotatable bonds is 3. The number of amides is 1. The number of imidazole rings is 1. The van der Waals surface area contributed by atoms with E-state index in [1.165, 1.54) is 5.56 Å². The van der Waals surface area contributed by atoms with Crippen molar-refractivity contribution in [1.82, 2.24) is 19.8 Å². The molecule has 2 saturated heterocycles. The lowest BCUT2D eigenvalue weighted by Crippen LogP contribution is -2.46. The van der Waals surface area contributed by atoms with Crippen LogP contribution >= 0.6 is 0 Å². The van der Waals surface area contributed by atoms with Gasteiger partial charge in [0, 0.05) is 6.54 Å². The third-order valence-corrected chi connectivity index (χ3v) is 5.75. The van der Waals surface area contributed by atoms with Crippen molar-refractivity contribution in [2.45, 2.75) is 57.3 Å². The van der Waals surface area contributed by atoms with Crippen molar-refractivity contribution in [1.29, 1.82) is 0 Å². The number of benzene rings is 1. The number of aromatic nitrogens is 2. The highest BCUT2D eigenvalue weighted by atomic mass is 16.3. The molecule has 0 aliphatic carbocycles. The van der Waals surface area contributed by atoms with Crippen LogP contribution in [0.1, 0.15) is 50.1 Å². The molecule has 26 heavy (non-hydrogen) atoms. The molecule has 3 heterocycles. The van der Waals surface area contributed by atoms with Crippen LogP contribution in [0.3, 0.4) is 0 Å². The Balaban J connectivity index is 1.80. The SMILES string of the molecule is CCn1c(=O)n(C2CCC(O)NC2=O)c2ccc(C3CCNCC3)cc21. The van der Waals surface area contributed by atoms with E-state index in [-0.39, 0.29) is 11.6 Å². The van der Waals surface area contributed by atoms with Gasteiger partial charge in [-0.05, 0) is 69.3 Å². The summed E-state index contributed by atoms with van der Waals surface area (Å²) >= 11 is 0. The summed E-state index contributed by atoms with van der Waals surface area (Å²) in [4.78, 5) is 25.4. The molecule has 2 aromatic rings. The number of aliphatic hydroxyl groups is 1. The second-order valence-electron chi connectivity index (χ2n) is 7.29. The molecule has 3 N–H and O–H groups in total. The van der Waals surface area contributed by atoms with Crippen LogP contribution in [-0.4, -0.2) is 39.5 Å². The van der Waals surface area contributed by atoms with Gasteiger partial charge in [0.2, 0.25) is 5.91 Å². The lowest BCUT2D eigenvalue weighted by atomic mass is 9.90. The Morgan fingerprint density at radius 3 is 2.58 bits per heavy atom. The average Bonchev–Trinajstić information content (AvgIpc) is 2.93. The maximum Gasteiger partial charge on any atom is 0.329 e. The quantitative estimate of drug-likeness (QED) is 0.766. The molecule has 2 aliphatic rings. The normalized spacial score (nSPS) is 24.8. The van der Waals surface area contributed by atoms with Gasteiger partial charge in [-0.1, -0.05) is 6.07 Å². The highest BCUT2D eigenvalue weighted by Crippen LogP contribution is 2.30. The largest absolute Gasteiger partial charge is 0.374 e. The standard InChI is InChI=1S/C19H26N4O3/c1-2-22-16-11-13(12-7-9-20-10-8-12)3-4-14(16)23(19(22)26)15-5-6-17(24)21-18(15)25/h3-4,11-12,15,17,20,24H,2,5-10H2,1H3,(H,21,25). The molecule has 4 rings (SSSR count). The first-order valence-electron chi connectivity index (χ1n) is 9.54. The highest BCUT2D eigenvalue weighted by Gasteiger charge is 2.31. The van der Waals surface area contributed by atoms with Gasteiger partial charge in [-0.15, -0.1) is 0 Å². The smallest absolute Gasteiger partial charge is 0.329 e. The molecule has 0 spiro atoms. The summed E-state index contributed by atoms with van der Waals surface area (Å²) in [7, 11) is 0. The maximum atomic E-state index is 13.0. The molecule has 2 fully saturated rings. The van der Waals surface area contributed by atoms with E-state index >= 15 is 0 Å². The van der Waals surface area contributed by atoms with Crippen LogP contribution < -0.4 is 16.3 Å². The van der Waals surface area contributed by atoms with Crippen LogP contribution in [0.15, 0.2) is 23.0 Å². The lowest BCUT2D eigenvalue weighted by molar-refractivity contribution is -0.130. The van der Waals surface area contributed by atoms with Gasteiger partial charge in [0.1, 0.15) is 12.3 Å². The van der Waals surface area contributed by atoms with E-state index in [9.17, 15) is 14.7 Å². The molecule has 0 radical (unpaired) electrons. The Labute approximate surface area is 152 Å². The molecule has 0 bridgehead atoms. The molecular weight excluding hydrogens is 332 g/mol. The molecule has 1 aromatic carbocycles. The van der Waals surface area contributed by atoms with Gasteiger partial charge in [0.15, 0.2) is 0 Å². The number of hydrogen-bond acceptors (Lipinski definition) is 4. The molecule has 1 amide bonds. The van der Waals surface area contributed by atoms with E-state index in [0.29, 0.717) is 25.3 Å². The van der Waals surface area contributed by atoms with Crippen molar-refractivity contribution < 1.29 is 9.90 Å². The summed E-state index contributed by atoms with van der Waals surface area (Å²) in [5, 5.41) is 15.6. The number of carbonyl (C=O) groups is 1. The topological polar surface area (TPSA) is 88.3 Å². The summed E-state index contributed by atoms with van der Waals surface area (Å²) < 4.78 is 3.35. The molecule has 1 aromatic heterocycles. The Morgan fingerprint density at radius 1 is 1.12 bits per heavy atom. The summed E-state index contributed by atoms with van der Waals surface area (Å²) in [5.41, 5.74) is 2.81. The van der Waals surface area contributed by atoms with Crippen LogP contribution in [0.5, 0.6) is 0 Å². The van der Waals surface area contributed by atoms with Crippen LogP contribution in [0.2, 0.25) is 0 Å². The molecule has 140 valence electrons. The monoisotopic (exact) mass is 358 g/mol. The van der Waals surface area contributed by atoms with Crippen molar-refractivity contribution >= 4 is 16.9 Å². The maximum absolute atomic E-state index is 13.0. The van der Waals surface area contributed by atoms with Crippen molar-refractivity contribution in [3.63, 3.8) is 0 Å². The summed E-state index contributed by atoms with van der Waals surface area (Å²) in [5.74, 6) is 0.223. The van der Waals surface area contributed by atoms with Gasteiger partial charge in [0.25, 0.3) is 0 Å². The fraction of sp³-hybridized carbons (Fsp3) is 0.579. The first-order chi connectivity index (χ1) is 12.6. The third-order valence-electron chi connectivity index (χ3n) is 5.75. The Kier molecular flexibility index (Phi) is 4.58. The summed E-state index contributed by atoms with van der Waals surface area (Å²) in [6.07, 6.45) is 2.30. The molecule has 2 unspecified atom stereocenters. The van der Waals surface area contributed by atoms with Crippen LogP contribution in [-0.2, 0) is 11.3 Å². The Morgan fingerprint density at radius 2 is 1.88 bits per heavy atom. The lowest BCUT2D eigenvalue weighted by Gasteiger charge is -2.26. The predicted octanol–water partition coefficient (Wildman–Crippen LogP) is 1.06. The Hall–Kier alpha value is -2.12. The number of nitrogens with zero attached hydrogens (tertiary/aromatic N) is 2.